The highest BCUT2D eigenvalue weighted by atomic mass is 32.1. The van der Waals surface area contributed by atoms with Crippen molar-refractivity contribution in [3.8, 4) is 0 Å². The molecule has 3 heteroatoms. The van der Waals surface area contributed by atoms with Gasteiger partial charge in [0.15, 0.2) is 0 Å². The third-order valence-corrected chi connectivity index (χ3v) is 3.95. The molecule has 2 aromatic carbocycles. The first kappa shape index (κ1) is 11.1. The van der Waals surface area contributed by atoms with Gasteiger partial charge in [-0.3, -0.25) is 0 Å². The van der Waals surface area contributed by atoms with Crippen LogP contribution < -0.4 is 11.1 Å². The molecule has 0 saturated carbocycles. The van der Waals surface area contributed by atoms with E-state index in [0.29, 0.717) is 0 Å². The first-order valence-electron chi connectivity index (χ1n) is 5.88. The van der Waals surface area contributed by atoms with Gasteiger partial charge < -0.3 is 11.1 Å². The van der Waals surface area contributed by atoms with E-state index in [2.05, 4.69) is 47.8 Å². The molecule has 1 aromatic heterocycles. The van der Waals surface area contributed by atoms with Crippen molar-refractivity contribution in [2.75, 3.05) is 11.1 Å². The predicted molar refractivity (Wildman–Crippen MR) is 80.0 cm³/mol. The number of nitrogens with two attached hydrogens (primary N) is 1. The van der Waals surface area contributed by atoms with Crippen LogP contribution in [0.1, 0.15) is 4.88 Å². The third-order valence-electron chi connectivity index (χ3n) is 3.01. The van der Waals surface area contributed by atoms with Gasteiger partial charge in [-0.2, -0.15) is 0 Å². The van der Waals surface area contributed by atoms with E-state index >= 15 is 0 Å². The van der Waals surface area contributed by atoms with E-state index in [4.69, 9.17) is 5.73 Å². The minimum absolute atomic E-state index is 0.775. The molecular formula is C15H14N2S. The number of rotatable bonds is 3. The molecule has 90 valence electrons. The summed E-state index contributed by atoms with van der Waals surface area (Å²) in [6.45, 7) is 0.775. The van der Waals surface area contributed by atoms with Crippen LogP contribution >= 0.6 is 11.3 Å². The molecule has 0 bridgehead atoms. The van der Waals surface area contributed by atoms with Crippen molar-refractivity contribution >= 4 is 33.5 Å². The second kappa shape index (κ2) is 4.70. The van der Waals surface area contributed by atoms with E-state index in [1.165, 1.54) is 15.6 Å². The van der Waals surface area contributed by atoms with Crippen molar-refractivity contribution in [2.24, 2.45) is 0 Å². The summed E-state index contributed by atoms with van der Waals surface area (Å²) in [4.78, 5) is 1.18. The van der Waals surface area contributed by atoms with Gasteiger partial charge in [-0.1, -0.05) is 36.4 Å². The second-order valence-electron chi connectivity index (χ2n) is 4.18. The maximum atomic E-state index is 5.89. The van der Waals surface area contributed by atoms with Crippen LogP contribution in [0, 0.1) is 0 Å². The van der Waals surface area contributed by atoms with Crippen molar-refractivity contribution in [3.63, 3.8) is 0 Å². The SMILES string of the molecule is Nc1ccsc1CNc1cccc2ccccc12. The molecule has 3 N–H and O–H groups in total. The number of nitrogen functional groups attached to an aromatic ring is 1. The number of thiophene rings is 1. The Kier molecular flexibility index (Phi) is 2.90. The van der Waals surface area contributed by atoms with Crippen molar-refractivity contribution in [1.82, 2.24) is 0 Å². The van der Waals surface area contributed by atoms with Crippen LogP contribution in [-0.4, -0.2) is 0 Å². The first-order chi connectivity index (χ1) is 8.84. The Morgan fingerprint density at radius 1 is 1.00 bits per heavy atom. The minimum atomic E-state index is 0.775. The zero-order valence-corrected chi connectivity index (χ0v) is 10.7. The van der Waals surface area contributed by atoms with Gasteiger partial charge in [0.05, 0.1) is 6.54 Å². The number of nitrogens with one attached hydrogen (secondary N) is 1. The lowest BCUT2D eigenvalue weighted by Crippen LogP contribution is -2.00. The summed E-state index contributed by atoms with van der Waals surface area (Å²) >= 11 is 1.69. The Labute approximate surface area is 110 Å². The summed E-state index contributed by atoms with van der Waals surface area (Å²) in [5, 5.41) is 7.98. The van der Waals surface area contributed by atoms with Crippen LogP contribution in [0.5, 0.6) is 0 Å². The summed E-state index contributed by atoms with van der Waals surface area (Å²) in [6, 6.07) is 16.6. The number of hydrogen-bond donors (Lipinski definition) is 2. The Bertz CT molecular complexity index is 668. The summed E-state index contributed by atoms with van der Waals surface area (Å²) < 4.78 is 0. The fraction of sp³-hybridized carbons (Fsp3) is 0.0667. The molecule has 0 amide bonds. The normalized spacial score (nSPS) is 10.7. The molecule has 1 heterocycles. The molecule has 3 rings (SSSR count). The number of benzene rings is 2. The summed E-state index contributed by atoms with van der Waals surface area (Å²) in [5.74, 6) is 0. The van der Waals surface area contributed by atoms with Gasteiger partial charge in [-0.25, -0.2) is 0 Å². The molecule has 0 unspecified atom stereocenters. The predicted octanol–water partition coefficient (Wildman–Crippen LogP) is 4.10. The quantitative estimate of drug-likeness (QED) is 0.738. The van der Waals surface area contributed by atoms with Crippen molar-refractivity contribution in [3.05, 3.63) is 58.8 Å². The van der Waals surface area contributed by atoms with Gasteiger partial charge in [0.1, 0.15) is 0 Å². The average Bonchev–Trinajstić information content (AvgIpc) is 2.82. The molecule has 0 aliphatic carbocycles. The maximum absolute atomic E-state index is 5.89. The summed E-state index contributed by atoms with van der Waals surface area (Å²) in [5.41, 5.74) is 7.91. The number of anilines is 2. The zero-order chi connectivity index (χ0) is 12.4. The van der Waals surface area contributed by atoms with Gasteiger partial charge in [0, 0.05) is 21.6 Å². The summed E-state index contributed by atoms with van der Waals surface area (Å²) in [7, 11) is 0. The highest BCUT2D eigenvalue weighted by Gasteiger charge is 2.02. The van der Waals surface area contributed by atoms with E-state index in [-0.39, 0.29) is 0 Å². The number of fused-ring (bicyclic) bond motifs is 1. The topological polar surface area (TPSA) is 38.0 Å². The zero-order valence-electron chi connectivity index (χ0n) is 9.89. The van der Waals surface area contributed by atoms with E-state index in [1.807, 2.05) is 11.4 Å². The molecule has 18 heavy (non-hydrogen) atoms. The Morgan fingerprint density at radius 2 is 1.83 bits per heavy atom. The van der Waals surface area contributed by atoms with Gasteiger partial charge >= 0.3 is 0 Å². The first-order valence-corrected chi connectivity index (χ1v) is 6.76. The molecule has 0 aliphatic heterocycles. The Morgan fingerprint density at radius 3 is 2.67 bits per heavy atom. The monoisotopic (exact) mass is 254 g/mol. The molecule has 2 nitrogen and oxygen atoms in total. The largest absolute Gasteiger partial charge is 0.398 e. The number of hydrogen-bond acceptors (Lipinski definition) is 3. The fourth-order valence-corrected chi connectivity index (χ4v) is 2.79. The van der Waals surface area contributed by atoms with Crippen LogP contribution in [-0.2, 0) is 6.54 Å². The van der Waals surface area contributed by atoms with Gasteiger partial charge in [0.25, 0.3) is 0 Å². The lowest BCUT2D eigenvalue weighted by Gasteiger charge is -2.09. The summed E-state index contributed by atoms with van der Waals surface area (Å²) in [6.07, 6.45) is 0. The Balaban J connectivity index is 1.89. The molecule has 0 saturated heterocycles. The fourth-order valence-electron chi connectivity index (χ4n) is 2.05. The van der Waals surface area contributed by atoms with Crippen LogP contribution in [0.4, 0.5) is 11.4 Å². The highest BCUT2D eigenvalue weighted by Crippen LogP contribution is 2.25. The van der Waals surface area contributed by atoms with Crippen LogP contribution in [0.2, 0.25) is 0 Å². The second-order valence-corrected chi connectivity index (χ2v) is 5.18. The van der Waals surface area contributed by atoms with E-state index in [1.54, 1.807) is 11.3 Å². The molecular weight excluding hydrogens is 240 g/mol. The van der Waals surface area contributed by atoms with E-state index < -0.39 is 0 Å². The van der Waals surface area contributed by atoms with Crippen LogP contribution in [0.25, 0.3) is 10.8 Å². The van der Waals surface area contributed by atoms with Crippen LogP contribution in [0.3, 0.4) is 0 Å². The standard InChI is InChI=1S/C15H14N2S/c16-13-8-9-18-15(13)10-17-14-7-3-5-11-4-1-2-6-12(11)14/h1-9,17H,10,16H2. The van der Waals surface area contributed by atoms with E-state index in [0.717, 1.165) is 17.9 Å². The lowest BCUT2D eigenvalue weighted by molar-refractivity contribution is 1.20. The molecule has 0 spiro atoms. The van der Waals surface area contributed by atoms with Crippen LogP contribution in [0.15, 0.2) is 53.9 Å². The highest BCUT2D eigenvalue weighted by molar-refractivity contribution is 7.10. The molecule has 0 fully saturated rings. The maximum Gasteiger partial charge on any atom is 0.0515 e. The van der Waals surface area contributed by atoms with Crippen molar-refractivity contribution in [1.29, 1.82) is 0 Å². The molecule has 0 aliphatic rings. The lowest BCUT2D eigenvalue weighted by atomic mass is 10.1. The average molecular weight is 254 g/mol. The Hall–Kier alpha value is -2.00. The van der Waals surface area contributed by atoms with Crippen molar-refractivity contribution < 1.29 is 0 Å². The molecule has 0 atom stereocenters. The van der Waals surface area contributed by atoms with Gasteiger partial charge in [0.2, 0.25) is 0 Å². The van der Waals surface area contributed by atoms with Crippen molar-refractivity contribution in [2.45, 2.75) is 6.54 Å². The van der Waals surface area contributed by atoms with E-state index in [9.17, 15) is 0 Å². The minimum Gasteiger partial charge on any atom is -0.398 e. The third kappa shape index (κ3) is 2.05. The smallest absolute Gasteiger partial charge is 0.0515 e. The molecule has 3 aromatic rings. The van der Waals surface area contributed by atoms with Gasteiger partial charge in [-0.15, -0.1) is 11.3 Å². The van der Waals surface area contributed by atoms with Gasteiger partial charge in [-0.05, 0) is 22.9 Å². The molecule has 0 radical (unpaired) electrons.